The molecular weight excluding hydrogens is 276 g/mol. The van der Waals surface area contributed by atoms with Gasteiger partial charge >= 0.3 is 0 Å². The molecule has 2 heterocycles. The van der Waals surface area contributed by atoms with Crippen molar-refractivity contribution in [2.75, 3.05) is 26.2 Å². The van der Waals surface area contributed by atoms with Crippen LogP contribution in [0.3, 0.4) is 0 Å². The summed E-state index contributed by atoms with van der Waals surface area (Å²) < 4.78 is 5.56. The van der Waals surface area contributed by atoms with Crippen LogP contribution in [-0.2, 0) is 19.1 Å². The van der Waals surface area contributed by atoms with E-state index in [0.29, 0.717) is 25.9 Å². The SMILES string of the molecule is CCCN1CC(=O)N(CC2CCC(C(=O)NN)O2)CC1=O. The molecule has 0 radical (unpaired) electrons. The zero-order chi connectivity index (χ0) is 15.4. The third-order valence-electron chi connectivity index (χ3n) is 3.82. The molecule has 2 unspecified atom stereocenters. The van der Waals surface area contributed by atoms with E-state index in [1.165, 1.54) is 4.90 Å². The van der Waals surface area contributed by atoms with Crippen molar-refractivity contribution in [3.63, 3.8) is 0 Å². The molecule has 8 nitrogen and oxygen atoms in total. The van der Waals surface area contributed by atoms with Crippen LogP contribution < -0.4 is 11.3 Å². The van der Waals surface area contributed by atoms with Gasteiger partial charge in [-0.2, -0.15) is 0 Å². The number of nitrogens with one attached hydrogen (secondary N) is 1. The summed E-state index contributed by atoms with van der Waals surface area (Å²) in [6.07, 6.45) is 1.30. The highest BCUT2D eigenvalue weighted by Gasteiger charge is 2.35. The summed E-state index contributed by atoms with van der Waals surface area (Å²) in [5, 5.41) is 0. The highest BCUT2D eigenvalue weighted by molar-refractivity contribution is 5.92. The summed E-state index contributed by atoms with van der Waals surface area (Å²) in [6, 6.07) is 0. The Bertz CT molecular complexity index is 428. The first-order valence-corrected chi connectivity index (χ1v) is 7.26. The molecule has 2 rings (SSSR count). The Morgan fingerprint density at radius 3 is 2.62 bits per heavy atom. The van der Waals surface area contributed by atoms with E-state index in [4.69, 9.17) is 10.6 Å². The smallest absolute Gasteiger partial charge is 0.263 e. The van der Waals surface area contributed by atoms with Gasteiger partial charge in [-0.05, 0) is 19.3 Å². The van der Waals surface area contributed by atoms with Crippen LogP contribution in [-0.4, -0.2) is 65.9 Å². The monoisotopic (exact) mass is 298 g/mol. The molecule has 2 fully saturated rings. The number of nitrogens with zero attached hydrogens (tertiary/aromatic N) is 2. The molecule has 118 valence electrons. The highest BCUT2D eigenvalue weighted by atomic mass is 16.5. The molecule has 0 aromatic carbocycles. The molecule has 0 bridgehead atoms. The fraction of sp³-hybridized carbons (Fsp3) is 0.769. The lowest BCUT2D eigenvalue weighted by atomic mass is 10.1. The second-order valence-electron chi connectivity index (χ2n) is 5.42. The summed E-state index contributed by atoms with van der Waals surface area (Å²) in [4.78, 5) is 38.5. The minimum Gasteiger partial charge on any atom is -0.363 e. The quantitative estimate of drug-likeness (QED) is 0.369. The standard InChI is InChI=1S/C13H22N4O4/c1-2-5-16-7-12(19)17(8-11(16)18)6-9-3-4-10(21-9)13(20)15-14/h9-10H,2-8,14H2,1H3,(H,15,20). The van der Waals surface area contributed by atoms with Gasteiger partial charge in [-0.15, -0.1) is 0 Å². The van der Waals surface area contributed by atoms with Crippen molar-refractivity contribution in [2.45, 2.75) is 38.4 Å². The van der Waals surface area contributed by atoms with E-state index < -0.39 is 6.10 Å². The minimum atomic E-state index is -0.563. The molecule has 2 aliphatic heterocycles. The second kappa shape index (κ2) is 6.86. The van der Waals surface area contributed by atoms with E-state index in [-0.39, 0.29) is 36.9 Å². The third kappa shape index (κ3) is 3.70. The van der Waals surface area contributed by atoms with Crippen LogP contribution in [0, 0.1) is 0 Å². The van der Waals surface area contributed by atoms with Gasteiger partial charge < -0.3 is 14.5 Å². The Kier molecular flexibility index (Phi) is 5.13. The molecule has 2 aliphatic rings. The maximum absolute atomic E-state index is 12.1. The first kappa shape index (κ1) is 15.7. The van der Waals surface area contributed by atoms with Crippen molar-refractivity contribution in [2.24, 2.45) is 5.84 Å². The lowest BCUT2D eigenvalue weighted by molar-refractivity contribution is -0.152. The Labute approximate surface area is 123 Å². The molecule has 21 heavy (non-hydrogen) atoms. The van der Waals surface area contributed by atoms with Crippen molar-refractivity contribution >= 4 is 17.7 Å². The van der Waals surface area contributed by atoms with Gasteiger partial charge in [0.25, 0.3) is 5.91 Å². The number of carbonyl (C=O) groups excluding carboxylic acids is 3. The fourth-order valence-corrected chi connectivity index (χ4v) is 2.71. The van der Waals surface area contributed by atoms with Gasteiger partial charge in [0.05, 0.1) is 19.2 Å². The van der Waals surface area contributed by atoms with Crippen molar-refractivity contribution < 1.29 is 19.1 Å². The number of hydrazine groups is 1. The normalized spacial score (nSPS) is 26.4. The van der Waals surface area contributed by atoms with Crippen LogP contribution in [0.15, 0.2) is 0 Å². The minimum absolute atomic E-state index is 0.0364. The van der Waals surface area contributed by atoms with E-state index in [1.807, 2.05) is 6.92 Å². The molecule has 0 aromatic rings. The fourth-order valence-electron chi connectivity index (χ4n) is 2.71. The molecule has 3 amide bonds. The molecule has 0 aliphatic carbocycles. The molecule has 0 saturated carbocycles. The van der Waals surface area contributed by atoms with E-state index in [0.717, 1.165) is 6.42 Å². The molecular formula is C13H22N4O4. The van der Waals surface area contributed by atoms with Gasteiger partial charge in [0.15, 0.2) is 0 Å². The number of ether oxygens (including phenoxy) is 1. The van der Waals surface area contributed by atoms with Crippen LogP contribution >= 0.6 is 0 Å². The number of piperazine rings is 1. The summed E-state index contributed by atoms with van der Waals surface area (Å²) >= 11 is 0. The van der Waals surface area contributed by atoms with Gasteiger partial charge in [-0.3, -0.25) is 19.8 Å². The Balaban J connectivity index is 1.85. The van der Waals surface area contributed by atoms with E-state index >= 15 is 0 Å². The lowest BCUT2D eigenvalue weighted by Crippen LogP contribution is -2.55. The molecule has 0 spiro atoms. The van der Waals surface area contributed by atoms with E-state index in [2.05, 4.69) is 5.43 Å². The Hall–Kier alpha value is -1.67. The van der Waals surface area contributed by atoms with Crippen molar-refractivity contribution in [3.05, 3.63) is 0 Å². The van der Waals surface area contributed by atoms with Crippen LogP contribution in [0.25, 0.3) is 0 Å². The third-order valence-corrected chi connectivity index (χ3v) is 3.82. The predicted octanol–water partition coefficient (Wildman–Crippen LogP) is -1.40. The summed E-state index contributed by atoms with van der Waals surface area (Å²) in [5.74, 6) is 4.61. The van der Waals surface area contributed by atoms with Crippen LogP contribution in [0.5, 0.6) is 0 Å². The van der Waals surface area contributed by atoms with Gasteiger partial charge in [0.1, 0.15) is 6.10 Å². The number of hydrogen-bond acceptors (Lipinski definition) is 5. The highest BCUT2D eigenvalue weighted by Crippen LogP contribution is 2.21. The molecule has 2 atom stereocenters. The summed E-state index contributed by atoms with van der Waals surface area (Å²) in [7, 11) is 0. The molecule has 8 heteroatoms. The zero-order valence-electron chi connectivity index (χ0n) is 12.2. The zero-order valence-corrected chi connectivity index (χ0v) is 12.2. The second-order valence-corrected chi connectivity index (χ2v) is 5.42. The topological polar surface area (TPSA) is 105 Å². The maximum Gasteiger partial charge on any atom is 0.263 e. The number of carbonyl (C=O) groups is 3. The van der Waals surface area contributed by atoms with E-state index in [1.54, 1.807) is 4.90 Å². The van der Waals surface area contributed by atoms with Crippen molar-refractivity contribution in [1.29, 1.82) is 0 Å². The van der Waals surface area contributed by atoms with Gasteiger partial charge in [0, 0.05) is 13.1 Å². The average molecular weight is 298 g/mol. The van der Waals surface area contributed by atoms with Gasteiger partial charge in [0.2, 0.25) is 11.8 Å². The number of nitrogens with two attached hydrogens (primary N) is 1. The number of amides is 3. The van der Waals surface area contributed by atoms with Crippen LogP contribution in [0.1, 0.15) is 26.2 Å². The molecule has 2 saturated heterocycles. The summed E-state index contributed by atoms with van der Waals surface area (Å²) in [6.45, 7) is 3.15. The predicted molar refractivity (Wildman–Crippen MR) is 73.7 cm³/mol. The summed E-state index contributed by atoms with van der Waals surface area (Å²) in [5.41, 5.74) is 2.06. The van der Waals surface area contributed by atoms with E-state index in [9.17, 15) is 14.4 Å². The first-order valence-electron chi connectivity index (χ1n) is 7.26. The number of hydrogen-bond donors (Lipinski definition) is 2. The largest absolute Gasteiger partial charge is 0.363 e. The first-order chi connectivity index (χ1) is 10.0. The van der Waals surface area contributed by atoms with Gasteiger partial charge in [-0.1, -0.05) is 6.92 Å². The van der Waals surface area contributed by atoms with Crippen molar-refractivity contribution in [3.8, 4) is 0 Å². The van der Waals surface area contributed by atoms with Crippen LogP contribution in [0.2, 0.25) is 0 Å². The van der Waals surface area contributed by atoms with Crippen molar-refractivity contribution in [1.82, 2.24) is 15.2 Å². The maximum atomic E-state index is 12.1. The van der Waals surface area contributed by atoms with Crippen LogP contribution in [0.4, 0.5) is 0 Å². The lowest BCUT2D eigenvalue weighted by Gasteiger charge is -2.34. The number of rotatable bonds is 5. The Morgan fingerprint density at radius 1 is 1.29 bits per heavy atom. The molecule has 3 N–H and O–H groups in total. The average Bonchev–Trinajstić information content (AvgIpc) is 2.92. The molecule has 0 aromatic heterocycles. The Morgan fingerprint density at radius 2 is 1.95 bits per heavy atom. The van der Waals surface area contributed by atoms with Gasteiger partial charge in [-0.25, -0.2) is 5.84 Å².